The van der Waals surface area contributed by atoms with Crippen LogP contribution in [0.3, 0.4) is 0 Å². The lowest BCUT2D eigenvalue weighted by Gasteiger charge is -2.37. The van der Waals surface area contributed by atoms with E-state index >= 15 is 0 Å². The van der Waals surface area contributed by atoms with Crippen LogP contribution in [-0.4, -0.2) is 11.1 Å². The van der Waals surface area contributed by atoms with Crippen LogP contribution in [0.2, 0.25) is 0 Å². The van der Waals surface area contributed by atoms with E-state index in [0.29, 0.717) is 17.3 Å². The van der Waals surface area contributed by atoms with Crippen molar-refractivity contribution in [3.05, 3.63) is 0 Å². The predicted octanol–water partition coefficient (Wildman–Crippen LogP) is 5.22. The first kappa shape index (κ1) is 18.5. The van der Waals surface area contributed by atoms with Crippen LogP contribution in [0.15, 0.2) is 0 Å². The van der Waals surface area contributed by atoms with Gasteiger partial charge in [-0.05, 0) is 41.9 Å². The molecule has 0 saturated heterocycles. The molecule has 0 bridgehead atoms. The average molecular weight is 270 g/mol. The predicted molar refractivity (Wildman–Crippen MR) is 82.2 cm³/mol. The standard InChI is InChI=1S/C17H34O2/c1-12(9-13(2)15(18)19)10-14(17(6,7)8)11-16(3,4)5/h12-14H,9-11H2,1-8H3,(H,18,19). The van der Waals surface area contributed by atoms with Crippen molar-refractivity contribution in [1.82, 2.24) is 0 Å². The third kappa shape index (κ3) is 8.28. The molecular formula is C17H34O2. The molecule has 0 fully saturated rings. The molecule has 0 aliphatic heterocycles. The smallest absolute Gasteiger partial charge is 0.306 e. The second kappa shape index (κ2) is 6.76. The molecule has 2 nitrogen and oxygen atoms in total. The van der Waals surface area contributed by atoms with Crippen molar-refractivity contribution in [3.8, 4) is 0 Å². The van der Waals surface area contributed by atoms with Crippen LogP contribution in [0, 0.1) is 28.6 Å². The van der Waals surface area contributed by atoms with Crippen molar-refractivity contribution in [2.75, 3.05) is 0 Å². The molecule has 0 heterocycles. The highest BCUT2D eigenvalue weighted by atomic mass is 16.4. The topological polar surface area (TPSA) is 37.3 Å². The highest BCUT2D eigenvalue weighted by molar-refractivity contribution is 5.69. The summed E-state index contributed by atoms with van der Waals surface area (Å²) in [6, 6.07) is 0. The fourth-order valence-corrected chi connectivity index (χ4v) is 2.77. The molecule has 0 amide bonds. The maximum atomic E-state index is 10.9. The maximum absolute atomic E-state index is 10.9. The van der Waals surface area contributed by atoms with Crippen LogP contribution >= 0.6 is 0 Å². The molecule has 114 valence electrons. The highest BCUT2D eigenvalue weighted by Crippen LogP contribution is 2.40. The van der Waals surface area contributed by atoms with E-state index in [2.05, 4.69) is 48.5 Å². The van der Waals surface area contributed by atoms with Gasteiger partial charge in [-0.25, -0.2) is 0 Å². The van der Waals surface area contributed by atoms with Gasteiger partial charge in [-0.3, -0.25) is 4.79 Å². The Morgan fingerprint density at radius 3 is 1.79 bits per heavy atom. The average Bonchev–Trinajstić information content (AvgIpc) is 2.12. The van der Waals surface area contributed by atoms with Crippen LogP contribution in [0.25, 0.3) is 0 Å². The molecule has 0 saturated carbocycles. The van der Waals surface area contributed by atoms with Crippen molar-refractivity contribution >= 4 is 5.97 Å². The van der Waals surface area contributed by atoms with E-state index in [1.54, 1.807) is 0 Å². The molecule has 3 unspecified atom stereocenters. The number of rotatable bonds is 6. The summed E-state index contributed by atoms with van der Waals surface area (Å²) in [7, 11) is 0. The normalized spacial score (nSPS) is 17.9. The summed E-state index contributed by atoms with van der Waals surface area (Å²) >= 11 is 0. The van der Waals surface area contributed by atoms with Crippen LogP contribution < -0.4 is 0 Å². The minimum absolute atomic E-state index is 0.231. The lowest BCUT2D eigenvalue weighted by molar-refractivity contribution is -0.141. The fourth-order valence-electron chi connectivity index (χ4n) is 2.77. The van der Waals surface area contributed by atoms with Crippen LogP contribution in [0.4, 0.5) is 0 Å². The van der Waals surface area contributed by atoms with Gasteiger partial charge in [0.2, 0.25) is 0 Å². The van der Waals surface area contributed by atoms with Gasteiger partial charge < -0.3 is 5.11 Å². The Morgan fingerprint density at radius 2 is 1.47 bits per heavy atom. The van der Waals surface area contributed by atoms with Crippen molar-refractivity contribution < 1.29 is 9.90 Å². The van der Waals surface area contributed by atoms with Gasteiger partial charge in [0, 0.05) is 0 Å². The number of carboxylic acid groups (broad SMARTS) is 1. The van der Waals surface area contributed by atoms with Crippen LogP contribution in [0.5, 0.6) is 0 Å². The number of aliphatic carboxylic acids is 1. The molecule has 19 heavy (non-hydrogen) atoms. The Kier molecular flexibility index (Phi) is 6.57. The number of hydrogen-bond acceptors (Lipinski definition) is 1. The number of carboxylic acids is 1. The fraction of sp³-hybridized carbons (Fsp3) is 0.941. The molecule has 0 aliphatic rings. The third-order valence-electron chi connectivity index (χ3n) is 3.95. The molecule has 0 rings (SSSR count). The van der Waals surface area contributed by atoms with E-state index in [9.17, 15) is 4.79 Å². The van der Waals surface area contributed by atoms with Gasteiger partial charge in [-0.2, -0.15) is 0 Å². The van der Waals surface area contributed by atoms with Crippen LogP contribution in [-0.2, 0) is 4.79 Å². The quantitative estimate of drug-likeness (QED) is 0.718. The maximum Gasteiger partial charge on any atom is 0.306 e. The Balaban J connectivity index is 4.61. The van der Waals surface area contributed by atoms with E-state index < -0.39 is 5.97 Å². The van der Waals surface area contributed by atoms with Crippen molar-refractivity contribution in [3.63, 3.8) is 0 Å². The molecule has 0 aromatic rings. The second-order valence-electron chi connectivity index (χ2n) is 8.64. The lowest BCUT2D eigenvalue weighted by Crippen LogP contribution is -2.28. The Morgan fingerprint density at radius 1 is 1.00 bits per heavy atom. The zero-order valence-corrected chi connectivity index (χ0v) is 14.2. The summed E-state index contributed by atoms with van der Waals surface area (Å²) in [6.07, 6.45) is 3.10. The molecular weight excluding hydrogens is 236 g/mol. The monoisotopic (exact) mass is 270 g/mol. The first-order chi connectivity index (χ1) is 8.33. The Hall–Kier alpha value is -0.530. The molecule has 1 N–H and O–H groups in total. The number of hydrogen-bond donors (Lipinski definition) is 1. The Bertz CT molecular complexity index is 281. The summed E-state index contributed by atoms with van der Waals surface area (Å²) in [6.45, 7) is 17.8. The summed E-state index contributed by atoms with van der Waals surface area (Å²) < 4.78 is 0. The second-order valence-corrected chi connectivity index (χ2v) is 8.64. The van der Waals surface area contributed by atoms with Crippen molar-refractivity contribution in [2.45, 2.75) is 74.7 Å². The molecule has 2 heteroatoms. The van der Waals surface area contributed by atoms with E-state index in [1.165, 1.54) is 6.42 Å². The largest absolute Gasteiger partial charge is 0.481 e. The Labute approximate surface area is 120 Å². The van der Waals surface area contributed by atoms with E-state index in [4.69, 9.17) is 5.11 Å². The first-order valence-corrected chi connectivity index (χ1v) is 7.55. The van der Waals surface area contributed by atoms with Gasteiger partial charge in [-0.15, -0.1) is 0 Å². The SMILES string of the molecule is CC(CC(C)C(=O)O)CC(CC(C)(C)C)C(C)(C)C. The van der Waals surface area contributed by atoms with Gasteiger partial charge in [0.25, 0.3) is 0 Å². The molecule has 0 aromatic carbocycles. The molecule has 0 aromatic heterocycles. The molecule has 0 spiro atoms. The summed E-state index contributed by atoms with van der Waals surface area (Å²) in [5, 5.41) is 9.01. The summed E-state index contributed by atoms with van der Waals surface area (Å²) in [4.78, 5) is 10.9. The highest BCUT2D eigenvalue weighted by Gasteiger charge is 2.30. The van der Waals surface area contributed by atoms with E-state index in [-0.39, 0.29) is 11.3 Å². The third-order valence-corrected chi connectivity index (χ3v) is 3.95. The summed E-state index contributed by atoms with van der Waals surface area (Å²) in [5.41, 5.74) is 0.615. The van der Waals surface area contributed by atoms with E-state index in [1.807, 2.05) is 6.92 Å². The van der Waals surface area contributed by atoms with Gasteiger partial charge in [-0.1, -0.05) is 55.4 Å². The zero-order chi connectivity index (χ0) is 15.4. The van der Waals surface area contributed by atoms with Gasteiger partial charge in [0.15, 0.2) is 0 Å². The summed E-state index contributed by atoms with van der Waals surface area (Å²) in [5.74, 6) is 0.210. The van der Waals surface area contributed by atoms with Gasteiger partial charge in [0.05, 0.1) is 5.92 Å². The van der Waals surface area contributed by atoms with Crippen molar-refractivity contribution in [2.24, 2.45) is 28.6 Å². The van der Waals surface area contributed by atoms with Crippen LogP contribution in [0.1, 0.15) is 74.7 Å². The number of carbonyl (C=O) groups is 1. The van der Waals surface area contributed by atoms with E-state index in [0.717, 1.165) is 12.8 Å². The minimum Gasteiger partial charge on any atom is -0.481 e. The molecule has 0 radical (unpaired) electrons. The zero-order valence-electron chi connectivity index (χ0n) is 14.2. The molecule has 3 atom stereocenters. The van der Waals surface area contributed by atoms with Gasteiger partial charge in [0.1, 0.15) is 0 Å². The lowest BCUT2D eigenvalue weighted by atomic mass is 9.68. The van der Waals surface area contributed by atoms with Crippen molar-refractivity contribution in [1.29, 1.82) is 0 Å². The van der Waals surface area contributed by atoms with Gasteiger partial charge >= 0.3 is 5.97 Å². The first-order valence-electron chi connectivity index (χ1n) is 7.55. The molecule has 0 aliphatic carbocycles. The minimum atomic E-state index is -0.671.